The zero-order valence-corrected chi connectivity index (χ0v) is 15.3. The standard InChI is InChI=1S/C18H28N2O2S/c1-13-16(9-10-23-13)19-11-14-5-7-15(8-6-14)12-20-17(21)22-18(2,3)4/h5-8,13,16,19H,9-12H2,1-4H3,(H,20,21). The molecule has 1 aromatic rings. The molecular weight excluding hydrogens is 308 g/mol. The van der Waals surface area contributed by atoms with Crippen LogP contribution in [0.25, 0.3) is 0 Å². The van der Waals surface area contributed by atoms with Gasteiger partial charge in [-0.1, -0.05) is 31.2 Å². The Bertz CT molecular complexity index is 511. The second-order valence-corrected chi connectivity index (χ2v) is 8.51. The van der Waals surface area contributed by atoms with Gasteiger partial charge in [0.25, 0.3) is 0 Å². The summed E-state index contributed by atoms with van der Waals surface area (Å²) in [6, 6.07) is 8.97. The van der Waals surface area contributed by atoms with Crippen molar-refractivity contribution in [1.29, 1.82) is 0 Å². The summed E-state index contributed by atoms with van der Waals surface area (Å²) in [5, 5.41) is 7.11. The Morgan fingerprint density at radius 2 is 1.83 bits per heavy atom. The van der Waals surface area contributed by atoms with Gasteiger partial charge in [-0.25, -0.2) is 4.79 Å². The Morgan fingerprint density at radius 3 is 2.35 bits per heavy atom. The minimum Gasteiger partial charge on any atom is -0.444 e. The monoisotopic (exact) mass is 336 g/mol. The number of carbonyl (C=O) groups excluding carboxylic acids is 1. The van der Waals surface area contributed by atoms with Gasteiger partial charge in [0.05, 0.1) is 0 Å². The Labute approximate surface area is 143 Å². The largest absolute Gasteiger partial charge is 0.444 e. The average molecular weight is 337 g/mol. The van der Waals surface area contributed by atoms with Gasteiger partial charge in [-0.05, 0) is 44.1 Å². The van der Waals surface area contributed by atoms with Gasteiger partial charge >= 0.3 is 6.09 Å². The fourth-order valence-corrected chi connectivity index (χ4v) is 3.74. The summed E-state index contributed by atoms with van der Waals surface area (Å²) in [6.45, 7) is 9.25. The summed E-state index contributed by atoms with van der Waals surface area (Å²) in [5.41, 5.74) is 1.88. The summed E-state index contributed by atoms with van der Waals surface area (Å²) in [7, 11) is 0. The fourth-order valence-electron chi connectivity index (χ4n) is 2.51. The van der Waals surface area contributed by atoms with Crippen molar-refractivity contribution in [3.63, 3.8) is 0 Å². The minimum atomic E-state index is -0.463. The predicted molar refractivity (Wildman–Crippen MR) is 96.7 cm³/mol. The Balaban J connectivity index is 1.75. The van der Waals surface area contributed by atoms with Crippen molar-refractivity contribution in [3.05, 3.63) is 35.4 Å². The Hall–Kier alpha value is -1.20. The second-order valence-electron chi connectivity index (χ2n) is 7.02. The van der Waals surface area contributed by atoms with Gasteiger partial charge in [-0.2, -0.15) is 11.8 Å². The molecule has 0 aromatic heterocycles. The number of hydrogen-bond acceptors (Lipinski definition) is 4. The molecule has 1 saturated heterocycles. The number of carbonyl (C=O) groups is 1. The smallest absolute Gasteiger partial charge is 0.407 e. The molecule has 2 atom stereocenters. The third kappa shape index (κ3) is 6.43. The van der Waals surface area contributed by atoms with E-state index in [1.165, 1.54) is 17.7 Å². The highest BCUT2D eigenvalue weighted by Gasteiger charge is 2.22. The van der Waals surface area contributed by atoms with Crippen LogP contribution >= 0.6 is 11.8 Å². The van der Waals surface area contributed by atoms with Gasteiger partial charge in [0.2, 0.25) is 0 Å². The number of amides is 1. The van der Waals surface area contributed by atoms with Crippen LogP contribution in [0.3, 0.4) is 0 Å². The molecule has 0 spiro atoms. The highest BCUT2D eigenvalue weighted by molar-refractivity contribution is 8.00. The first-order valence-electron chi connectivity index (χ1n) is 8.23. The van der Waals surface area contributed by atoms with Gasteiger partial charge < -0.3 is 15.4 Å². The molecule has 5 heteroatoms. The number of hydrogen-bond donors (Lipinski definition) is 2. The van der Waals surface area contributed by atoms with Crippen LogP contribution in [0.4, 0.5) is 4.79 Å². The molecule has 1 aliphatic heterocycles. The van der Waals surface area contributed by atoms with Crippen LogP contribution in [-0.2, 0) is 17.8 Å². The number of rotatable bonds is 5. The molecule has 23 heavy (non-hydrogen) atoms. The first-order chi connectivity index (χ1) is 10.8. The van der Waals surface area contributed by atoms with Gasteiger partial charge in [-0.3, -0.25) is 0 Å². The molecular formula is C18H28N2O2S. The van der Waals surface area contributed by atoms with Gasteiger partial charge in [-0.15, -0.1) is 0 Å². The molecule has 1 heterocycles. The minimum absolute atomic E-state index is 0.379. The number of thioether (sulfide) groups is 1. The molecule has 2 unspecified atom stereocenters. The Kier molecular flexibility index (Phi) is 6.36. The Morgan fingerprint density at radius 1 is 1.22 bits per heavy atom. The lowest BCUT2D eigenvalue weighted by Gasteiger charge is -2.19. The molecule has 1 aliphatic rings. The van der Waals surface area contributed by atoms with Crippen LogP contribution in [0, 0.1) is 0 Å². The van der Waals surface area contributed by atoms with Crippen molar-refractivity contribution < 1.29 is 9.53 Å². The van der Waals surface area contributed by atoms with E-state index in [1.807, 2.05) is 32.5 Å². The summed E-state index contributed by atoms with van der Waals surface area (Å²) in [4.78, 5) is 11.6. The topological polar surface area (TPSA) is 50.4 Å². The average Bonchev–Trinajstić information content (AvgIpc) is 2.87. The van der Waals surface area contributed by atoms with Crippen LogP contribution in [-0.4, -0.2) is 28.7 Å². The molecule has 1 aromatic carbocycles. The highest BCUT2D eigenvalue weighted by Crippen LogP contribution is 2.26. The lowest BCUT2D eigenvalue weighted by Crippen LogP contribution is -2.33. The van der Waals surface area contributed by atoms with Gasteiger partial charge in [0.15, 0.2) is 0 Å². The molecule has 128 valence electrons. The fraction of sp³-hybridized carbons (Fsp3) is 0.611. The van der Waals surface area contributed by atoms with E-state index < -0.39 is 5.60 Å². The number of ether oxygens (including phenoxy) is 1. The number of alkyl carbamates (subject to hydrolysis) is 1. The molecule has 2 rings (SSSR count). The van der Waals surface area contributed by atoms with E-state index in [0.717, 1.165) is 12.1 Å². The third-order valence-electron chi connectivity index (χ3n) is 3.80. The maximum absolute atomic E-state index is 11.6. The SMILES string of the molecule is CC1SCCC1NCc1ccc(CNC(=O)OC(C)(C)C)cc1. The molecule has 0 bridgehead atoms. The predicted octanol–water partition coefficient (Wildman–Crippen LogP) is 3.69. The lowest BCUT2D eigenvalue weighted by molar-refractivity contribution is 0.0523. The second kappa shape index (κ2) is 8.06. The van der Waals surface area contributed by atoms with E-state index in [-0.39, 0.29) is 6.09 Å². The maximum atomic E-state index is 11.6. The number of benzene rings is 1. The van der Waals surface area contributed by atoms with Crippen molar-refractivity contribution in [1.82, 2.24) is 10.6 Å². The zero-order valence-electron chi connectivity index (χ0n) is 14.5. The third-order valence-corrected chi connectivity index (χ3v) is 5.13. The van der Waals surface area contributed by atoms with Gasteiger partial charge in [0.1, 0.15) is 5.60 Å². The van der Waals surface area contributed by atoms with Crippen LogP contribution in [0.1, 0.15) is 45.2 Å². The summed E-state index contributed by atoms with van der Waals surface area (Å²) in [6.07, 6.45) is 0.875. The van der Waals surface area contributed by atoms with Crippen molar-refractivity contribution in [2.45, 2.75) is 64.1 Å². The van der Waals surface area contributed by atoms with Crippen LogP contribution in [0.2, 0.25) is 0 Å². The van der Waals surface area contributed by atoms with E-state index >= 15 is 0 Å². The van der Waals surface area contributed by atoms with Crippen molar-refractivity contribution >= 4 is 17.9 Å². The van der Waals surface area contributed by atoms with Crippen molar-refractivity contribution in [2.24, 2.45) is 0 Å². The number of nitrogens with one attached hydrogen (secondary N) is 2. The summed E-state index contributed by atoms with van der Waals surface area (Å²) in [5.74, 6) is 1.26. The van der Waals surface area contributed by atoms with Crippen LogP contribution in [0.5, 0.6) is 0 Å². The maximum Gasteiger partial charge on any atom is 0.407 e. The molecule has 4 nitrogen and oxygen atoms in total. The molecule has 0 saturated carbocycles. The van der Waals surface area contributed by atoms with E-state index in [0.29, 0.717) is 17.8 Å². The molecule has 2 N–H and O–H groups in total. The lowest BCUT2D eigenvalue weighted by atomic mass is 10.1. The van der Waals surface area contributed by atoms with E-state index in [4.69, 9.17) is 4.74 Å². The molecule has 1 amide bonds. The van der Waals surface area contributed by atoms with Crippen LogP contribution in [0.15, 0.2) is 24.3 Å². The highest BCUT2D eigenvalue weighted by atomic mass is 32.2. The van der Waals surface area contributed by atoms with E-state index in [1.54, 1.807) is 0 Å². The summed E-state index contributed by atoms with van der Waals surface area (Å²) < 4.78 is 5.23. The summed E-state index contributed by atoms with van der Waals surface area (Å²) >= 11 is 2.04. The molecule has 1 fully saturated rings. The zero-order chi connectivity index (χ0) is 16.9. The first kappa shape index (κ1) is 18.1. The normalized spacial score (nSPS) is 21.2. The van der Waals surface area contributed by atoms with Crippen molar-refractivity contribution in [3.8, 4) is 0 Å². The van der Waals surface area contributed by atoms with Crippen molar-refractivity contribution in [2.75, 3.05) is 5.75 Å². The molecule has 0 aliphatic carbocycles. The van der Waals surface area contributed by atoms with E-state index in [9.17, 15) is 4.79 Å². The quantitative estimate of drug-likeness (QED) is 0.861. The van der Waals surface area contributed by atoms with Gasteiger partial charge in [0, 0.05) is 24.4 Å². The molecule has 0 radical (unpaired) electrons. The first-order valence-corrected chi connectivity index (χ1v) is 9.28. The van der Waals surface area contributed by atoms with Crippen LogP contribution < -0.4 is 10.6 Å². The van der Waals surface area contributed by atoms with E-state index in [2.05, 4.69) is 41.8 Å².